The third kappa shape index (κ3) is 3.73. The molecule has 1 aromatic carbocycles. The van der Waals surface area contributed by atoms with Crippen molar-refractivity contribution in [1.29, 1.82) is 0 Å². The van der Waals surface area contributed by atoms with Crippen LogP contribution in [0.2, 0.25) is 0 Å². The highest BCUT2D eigenvalue weighted by molar-refractivity contribution is 7.18. The summed E-state index contributed by atoms with van der Waals surface area (Å²) in [4.78, 5) is 7.18. The number of aryl methyl sites for hydroxylation is 1. The summed E-state index contributed by atoms with van der Waals surface area (Å²) in [6, 6.07) is 6.24. The molecule has 0 radical (unpaired) electrons. The molecule has 2 heterocycles. The van der Waals surface area contributed by atoms with Gasteiger partial charge in [-0.25, -0.2) is 4.98 Å². The van der Waals surface area contributed by atoms with Crippen molar-refractivity contribution in [1.82, 2.24) is 15.2 Å². The predicted octanol–water partition coefficient (Wildman–Crippen LogP) is 2.53. The smallest absolute Gasteiger partial charge is 0.146 e. The van der Waals surface area contributed by atoms with Crippen LogP contribution in [0.25, 0.3) is 10.2 Å². The van der Waals surface area contributed by atoms with E-state index in [2.05, 4.69) is 29.3 Å². The van der Waals surface area contributed by atoms with Crippen LogP contribution in [0.1, 0.15) is 18.4 Å². The second kappa shape index (κ2) is 7.20. The lowest BCUT2D eigenvalue weighted by Crippen LogP contribution is -2.44. The molecule has 0 bridgehead atoms. The van der Waals surface area contributed by atoms with E-state index >= 15 is 0 Å². The summed E-state index contributed by atoms with van der Waals surface area (Å²) in [5.74, 6) is 0.932. The molecule has 5 heteroatoms. The van der Waals surface area contributed by atoms with Crippen LogP contribution in [0.4, 0.5) is 0 Å². The maximum atomic E-state index is 6.00. The standard InChI is InChI=1S/C16H23N3OS/c1-2-4-15-18-16-13(5-3-6-14(16)21-15)20-12-11-19-9-7-17-8-10-19/h3,5-6,17H,2,4,7-12H2,1H3. The topological polar surface area (TPSA) is 37.4 Å². The summed E-state index contributed by atoms with van der Waals surface area (Å²) >= 11 is 1.79. The maximum Gasteiger partial charge on any atom is 0.146 e. The number of ether oxygens (including phenoxy) is 1. The third-order valence-electron chi connectivity index (χ3n) is 3.76. The van der Waals surface area contributed by atoms with Gasteiger partial charge in [0, 0.05) is 32.7 Å². The van der Waals surface area contributed by atoms with Gasteiger partial charge in [0.15, 0.2) is 0 Å². The molecule has 1 N–H and O–H groups in total. The van der Waals surface area contributed by atoms with E-state index in [-0.39, 0.29) is 0 Å². The van der Waals surface area contributed by atoms with Gasteiger partial charge in [-0.2, -0.15) is 0 Å². The Kier molecular flexibility index (Phi) is 5.06. The van der Waals surface area contributed by atoms with Gasteiger partial charge in [-0.3, -0.25) is 4.90 Å². The van der Waals surface area contributed by atoms with Crippen LogP contribution in [0, 0.1) is 0 Å². The van der Waals surface area contributed by atoms with Crippen molar-refractivity contribution in [3.63, 3.8) is 0 Å². The van der Waals surface area contributed by atoms with E-state index in [1.807, 2.05) is 6.07 Å². The SMILES string of the molecule is CCCc1nc2c(OCCN3CCNCC3)cccc2s1. The molecule has 114 valence electrons. The molecular formula is C16H23N3OS. The Morgan fingerprint density at radius 1 is 1.33 bits per heavy atom. The van der Waals surface area contributed by atoms with E-state index in [0.29, 0.717) is 0 Å². The third-order valence-corrected chi connectivity index (χ3v) is 4.85. The molecule has 21 heavy (non-hydrogen) atoms. The second-order valence-electron chi connectivity index (χ2n) is 5.40. The van der Waals surface area contributed by atoms with Crippen LogP contribution in [0.3, 0.4) is 0 Å². The zero-order valence-corrected chi connectivity index (χ0v) is 13.4. The number of hydrogen-bond acceptors (Lipinski definition) is 5. The van der Waals surface area contributed by atoms with Gasteiger partial charge in [0.1, 0.15) is 17.9 Å². The number of para-hydroxylation sites is 1. The molecule has 4 nitrogen and oxygen atoms in total. The predicted molar refractivity (Wildman–Crippen MR) is 88.4 cm³/mol. The minimum absolute atomic E-state index is 0.736. The molecule has 1 aliphatic rings. The Bertz CT molecular complexity index is 578. The summed E-state index contributed by atoms with van der Waals surface area (Å²) in [7, 11) is 0. The van der Waals surface area contributed by atoms with E-state index in [0.717, 1.165) is 63.4 Å². The number of rotatable bonds is 6. The molecule has 1 fully saturated rings. The highest BCUT2D eigenvalue weighted by Crippen LogP contribution is 2.30. The van der Waals surface area contributed by atoms with Crippen molar-refractivity contribution in [2.75, 3.05) is 39.3 Å². The zero-order valence-electron chi connectivity index (χ0n) is 12.6. The Morgan fingerprint density at radius 2 is 2.19 bits per heavy atom. The van der Waals surface area contributed by atoms with Gasteiger partial charge in [-0.05, 0) is 25.0 Å². The fourth-order valence-electron chi connectivity index (χ4n) is 2.63. The van der Waals surface area contributed by atoms with Gasteiger partial charge in [-0.15, -0.1) is 11.3 Å². The number of thiazole rings is 1. The number of hydrogen-bond donors (Lipinski definition) is 1. The van der Waals surface area contributed by atoms with Crippen molar-refractivity contribution >= 4 is 21.6 Å². The Labute approximate surface area is 130 Å². The van der Waals surface area contributed by atoms with E-state index in [4.69, 9.17) is 9.72 Å². The van der Waals surface area contributed by atoms with Crippen molar-refractivity contribution in [3.05, 3.63) is 23.2 Å². The van der Waals surface area contributed by atoms with E-state index in [1.54, 1.807) is 11.3 Å². The number of fused-ring (bicyclic) bond motifs is 1. The van der Waals surface area contributed by atoms with Gasteiger partial charge in [0.2, 0.25) is 0 Å². The van der Waals surface area contributed by atoms with Crippen molar-refractivity contribution < 1.29 is 4.74 Å². The maximum absolute atomic E-state index is 6.00. The van der Waals surface area contributed by atoms with Crippen molar-refractivity contribution in [3.8, 4) is 5.75 Å². The fourth-order valence-corrected chi connectivity index (χ4v) is 3.71. The van der Waals surface area contributed by atoms with Gasteiger partial charge >= 0.3 is 0 Å². The lowest BCUT2D eigenvalue weighted by Gasteiger charge is -2.26. The van der Waals surface area contributed by atoms with Gasteiger partial charge < -0.3 is 10.1 Å². The summed E-state index contributed by atoms with van der Waals surface area (Å²) < 4.78 is 7.23. The number of piperazine rings is 1. The Balaban J connectivity index is 1.62. The van der Waals surface area contributed by atoms with E-state index < -0.39 is 0 Å². The average molecular weight is 305 g/mol. The molecule has 0 unspecified atom stereocenters. The largest absolute Gasteiger partial charge is 0.490 e. The normalized spacial score (nSPS) is 16.4. The quantitative estimate of drug-likeness (QED) is 0.890. The Hall–Kier alpha value is -1.17. The van der Waals surface area contributed by atoms with E-state index in [1.165, 1.54) is 9.71 Å². The first-order valence-corrected chi connectivity index (χ1v) is 8.63. The highest BCUT2D eigenvalue weighted by atomic mass is 32.1. The van der Waals surface area contributed by atoms with Gasteiger partial charge in [-0.1, -0.05) is 13.0 Å². The van der Waals surface area contributed by atoms with Crippen LogP contribution in [0.15, 0.2) is 18.2 Å². The second-order valence-corrected chi connectivity index (χ2v) is 6.52. The van der Waals surface area contributed by atoms with Crippen LogP contribution in [-0.4, -0.2) is 49.2 Å². The minimum Gasteiger partial charge on any atom is -0.490 e. The van der Waals surface area contributed by atoms with Crippen LogP contribution >= 0.6 is 11.3 Å². The molecule has 0 saturated carbocycles. The molecule has 1 aliphatic heterocycles. The van der Waals surface area contributed by atoms with Gasteiger partial charge in [0.25, 0.3) is 0 Å². The monoisotopic (exact) mass is 305 g/mol. The molecule has 0 spiro atoms. The number of nitrogens with one attached hydrogen (secondary N) is 1. The van der Waals surface area contributed by atoms with E-state index in [9.17, 15) is 0 Å². The Morgan fingerprint density at radius 3 is 3.00 bits per heavy atom. The lowest BCUT2D eigenvalue weighted by atomic mass is 10.3. The molecule has 1 aromatic heterocycles. The zero-order chi connectivity index (χ0) is 14.5. The van der Waals surface area contributed by atoms with Crippen LogP contribution in [0.5, 0.6) is 5.75 Å². The van der Waals surface area contributed by atoms with Gasteiger partial charge in [0.05, 0.1) is 9.71 Å². The molecule has 0 aliphatic carbocycles. The van der Waals surface area contributed by atoms with Crippen LogP contribution < -0.4 is 10.1 Å². The summed E-state index contributed by atoms with van der Waals surface area (Å²) in [5, 5.41) is 4.58. The molecule has 2 aromatic rings. The van der Waals surface area contributed by atoms with Crippen LogP contribution in [-0.2, 0) is 6.42 Å². The van der Waals surface area contributed by atoms with Crippen molar-refractivity contribution in [2.24, 2.45) is 0 Å². The summed E-state index contributed by atoms with van der Waals surface area (Å²) in [6.07, 6.45) is 2.19. The molecule has 0 atom stereocenters. The minimum atomic E-state index is 0.736. The summed E-state index contributed by atoms with van der Waals surface area (Å²) in [6.45, 7) is 8.32. The highest BCUT2D eigenvalue weighted by Gasteiger charge is 2.11. The number of aromatic nitrogens is 1. The molecular weight excluding hydrogens is 282 g/mol. The molecule has 1 saturated heterocycles. The summed E-state index contributed by atoms with van der Waals surface area (Å²) in [5.41, 5.74) is 1.03. The first-order valence-electron chi connectivity index (χ1n) is 7.81. The number of nitrogens with zero attached hydrogens (tertiary/aromatic N) is 2. The lowest BCUT2D eigenvalue weighted by molar-refractivity contribution is 0.192. The van der Waals surface area contributed by atoms with Crippen molar-refractivity contribution in [2.45, 2.75) is 19.8 Å². The average Bonchev–Trinajstić information content (AvgIpc) is 2.92. The fraction of sp³-hybridized carbons (Fsp3) is 0.562. The number of benzene rings is 1. The first-order chi connectivity index (χ1) is 10.4. The molecule has 3 rings (SSSR count). The first kappa shape index (κ1) is 14.8. The molecule has 0 amide bonds.